The predicted molar refractivity (Wildman–Crippen MR) is 83.0 cm³/mol. The van der Waals surface area contributed by atoms with E-state index < -0.39 is 0 Å². The van der Waals surface area contributed by atoms with E-state index in [1.165, 1.54) is 0 Å². The van der Waals surface area contributed by atoms with Gasteiger partial charge in [-0.3, -0.25) is 4.79 Å². The van der Waals surface area contributed by atoms with Crippen molar-refractivity contribution < 1.29 is 4.79 Å². The van der Waals surface area contributed by atoms with E-state index in [1.807, 2.05) is 7.05 Å². The largest absolute Gasteiger partial charge is 0.398 e. The first-order valence-corrected chi connectivity index (χ1v) is 7.35. The predicted octanol–water partition coefficient (Wildman–Crippen LogP) is 2.34. The molecule has 0 unspecified atom stereocenters. The lowest BCUT2D eigenvalue weighted by atomic mass is 9.96. The van der Waals surface area contributed by atoms with Crippen molar-refractivity contribution in [1.29, 1.82) is 0 Å². The number of benzene rings is 1. The van der Waals surface area contributed by atoms with Crippen molar-refractivity contribution in [3.05, 3.63) is 28.8 Å². The van der Waals surface area contributed by atoms with Gasteiger partial charge < -0.3 is 15.5 Å². The topological polar surface area (TPSA) is 49.6 Å². The Labute approximate surface area is 125 Å². The number of likely N-dealkylation sites (tertiary alicyclic amines) is 1. The summed E-state index contributed by atoms with van der Waals surface area (Å²) in [5.74, 6) is 0.515. The third-order valence-corrected chi connectivity index (χ3v) is 4.40. The highest BCUT2D eigenvalue weighted by Gasteiger charge is 2.22. The van der Waals surface area contributed by atoms with Gasteiger partial charge in [-0.2, -0.15) is 0 Å². The number of carbonyl (C=O) groups is 1. The highest BCUT2D eigenvalue weighted by Crippen LogP contribution is 2.25. The van der Waals surface area contributed by atoms with Crippen molar-refractivity contribution in [2.45, 2.75) is 12.8 Å². The molecule has 1 amide bonds. The highest BCUT2D eigenvalue weighted by atomic mass is 35.5. The Morgan fingerprint density at radius 2 is 2.10 bits per heavy atom. The second-order valence-corrected chi connectivity index (χ2v) is 6.02. The van der Waals surface area contributed by atoms with Gasteiger partial charge in [-0.05, 0) is 51.0 Å². The molecule has 2 rings (SSSR count). The van der Waals surface area contributed by atoms with Gasteiger partial charge in [-0.25, -0.2) is 0 Å². The van der Waals surface area contributed by atoms with Crippen LogP contribution in [0, 0.1) is 5.92 Å². The van der Waals surface area contributed by atoms with Crippen molar-refractivity contribution in [2.24, 2.45) is 5.92 Å². The second-order valence-electron chi connectivity index (χ2n) is 5.64. The molecule has 0 radical (unpaired) electrons. The number of halogens is 1. The van der Waals surface area contributed by atoms with Gasteiger partial charge in [0.15, 0.2) is 0 Å². The van der Waals surface area contributed by atoms with Gasteiger partial charge >= 0.3 is 0 Å². The van der Waals surface area contributed by atoms with E-state index in [0.717, 1.165) is 32.5 Å². The van der Waals surface area contributed by atoms with Gasteiger partial charge in [-0.1, -0.05) is 17.7 Å². The number of hydrogen-bond donors (Lipinski definition) is 1. The van der Waals surface area contributed by atoms with Crippen LogP contribution >= 0.6 is 11.6 Å². The summed E-state index contributed by atoms with van der Waals surface area (Å²) in [6, 6.07) is 5.19. The minimum Gasteiger partial charge on any atom is -0.398 e. The number of carbonyl (C=O) groups excluding carboxylic acids is 1. The van der Waals surface area contributed by atoms with Crippen LogP contribution in [0.25, 0.3) is 0 Å². The van der Waals surface area contributed by atoms with E-state index in [-0.39, 0.29) is 5.91 Å². The molecule has 2 N–H and O–H groups in total. The smallest absolute Gasteiger partial charge is 0.255 e. The summed E-state index contributed by atoms with van der Waals surface area (Å²) in [5, 5.41) is 0.354. The van der Waals surface area contributed by atoms with Gasteiger partial charge in [0.1, 0.15) is 0 Å². The molecule has 1 aliphatic rings. The number of nitrogens with zero attached hydrogens (tertiary/aromatic N) is 2. The van der Waals surface area contributed by atoms with Crippen molar-refractivity contribution in [3.63, 3.8) is 0 Å². The second kappa shape index (κ2) is 6.46. The SMILES string of the molecule is CN1CCC(CN(C)C(=O)c2cccc(N)c2Cl)CC1. The molecule has 1 fully saturated rings. The standard InChI is InChI=1S/C15H22ClN3O/c1-18-8-6-11(7-9-18)10-19(2)15(20)12-4-3-5-13(17)14(12)16/h3-5,11H,6-10,17H2,1-2H3. The van der Waals surface area contributed by atoms with Crippen LogP contribution in [0.5, 0.6) is 0 Å². The number of anilines is 1. The summed E-state index contributed by atoms with van der Waals surface area (Å²) in [6.07, 6.45) is 2.28. The minimum absolute atomic E-state index is 0.0544. The fraction of sp³-hybridized carbons (Fsp3) is 0.533. The molecule has 1 aromatic carbocycles. The van der Waals surface area contributed by atoms with E-state index in [9.17, 15) is 4.79 Å². The average molecular weight is 296 g/mol. The average Bonchev–Trinajstić information content (AvgIpc) is 2.43. The molecule has 0 saturated carbocycles. The lowest BCUT2D eigenvalue weighted by Crippen LogP contribution is -2.38. The van der Waals surface area contributed by atoms with Crippen LogP contribution in [0.15, 0.2) is 18.2 Å². The summed E-state index contributed by atoms with van der Waals surface area (Å²) < 4.78 is 0. The molecular formula is C15H22ClN3O. The molecule has 1 aromatic rings. The van der Waals surface area contributed by atoms with Crippen molar-refractivity contribution in [3.8, 4) is 0 Å². The lowest BCUT2D eigenvalue weighted by Gasteiger charge is -2.31. The van der Waals surface area contributed by atoms with Crippen LogP contribution in [0.1, 0.15) is 23.2 Å². The Kier molecular flexibility index (Phi) is 4.89. The van der Waals surface area contributed by atoms with Gasteiger partial charge in [0.25, 0.3) is 5.91 Å². The summed E-state index contributed by atoms with van der Waals surface area (Å²) in [7, 11) is 3.97. The van der Waals surface area contributed by atoms with E-state index in [2.05, 4.69) is 11.9 Å². The molecule has 1 saturated heterocycles. The van der Waals surface area contributed by atoms with Gasteiger partial charge in [-0.15, -0.1) is 0 Å². The Morgan fingerprint density at radius 3 is 2.75 bits per heavy atom. The maximum Gasteiger partial charge on any atom is 0.255 e. The molecule has 110 valence electrons. The number of nitrogens with two attached hydrogens (primary N) is 1. The molecule has 0 bridgehead atoms. The highest BCUT2D eigenvalue weighted by molar-refractivity contribution is 6.36. The van der Waals surface area contributed by atoms with E-state index in [1.54, 1.807) is 23.1 Å². The normalized spacial score (nSPS) is 17.1. The van der Waals surface area contributed by atoms with Gasteiger partial charge in [0, 0.05) is 13.6 Å². The molecule has 0 spiro atoms. The minimum atomic E-state index is -0.0544. The molecule has 1 aliphatic heterocycles. The fourth-order valence-electron chi connectivity index (χ4n) is 2.64. The number of hydrogen-bond acceptors (Lipinski definition) is 3. The van der Waals surface area contributed by atoms with Crippen LogP contribution in [-0.2, 0) is 0 Å². The molecule has 20 heavy (non-hydrogen) atoms. The summed E-state index contributed by atoms with van der Waals surface area (Å²) in [5.41, 5.74) is 6.69. The Hall–Kier alpha value is -1.26. The third-order valence-electron chi connectivity index (χ3n) is 3.98. The number of piperidine rings is 1. The molecule has 4 nitrogen and oxygen atoms in total. The zero-order valence-corrected chi connectivity index (χ0v) is 12.9. The van der Waals surface area contributed by atoms with Gasteiger partial charge in [0.05, 0.1) is 16.3 Å². The zero-order chi connectivity index (χ0) is 14.7. The maximum absolute atomic E-state index is 12.4. The van der Waals surface area contributed by atoms with Crippen LogP contribution in [0.2, 0.25) is 5.02 Å². The van der Waals surface area contributed by atoms with Crippen molar-refractivity contribution >= 4 is 23.2 Å². The summed E-state index contributed by atoms with van der Waals surface area (Å²) in [6.45, 7) is 2.98. The number of nitrogen functional groups attached to an aromatic ring is 1. The zero-order valence-electron chi connectivity index (χ0n) is 12.1. The van der Waals surface area contributed by atoms with Gasteiger partial charge in [0.2, 0.25) is 0 Å². The quantitative estimate of drug-likeness (QED) is 0.871. The van der Waals surface area contributed by atoms with Crippen LogP contribution in [0.3, 0.4) is 0 Å². The number of rotatable bonds is 3. The fourth-order valence-corrected chi connectivity index (χ4v) is 2.84. The molecule has 0 aromatic heterocycles. The summed E-state index contributed by atoms with van der Waals surface area (Å²) in [4.78, 5) is 16.5. The Balaban J connectivity index is 2.00. The first-order valence-electron chi connectivity index (χ1n) is 6.97. The Bertz CT molecular complexity index is 484. The Morgan fingerprint density at radius 1 is 1.45 bits per heavy atom. The van der Waals surface area contributed by atoms with Crippen LogP contribution in [0.4, 0.5) is 5.69 Å². The molecule has 1 heterocycles. The van der Waals surface area contributed by atoms with Crippen LogP contribution < -0.4 is 5.73 Å². The molecule has 0 aliphatic carbocycles. The maximum atomic E-state index is 12.4. The summed E-state index contributed by atoms with van der Waals surface area (Å²) >= 11 is 6.11. The van der Waals surface area contributed by atoms with Crippen molar-refractivity contribution in [2.75, 3.05) is 39.5 Å². The first kappa shape index (κ1) is 15.1. The third kappa shape index (κ3) is 3.44. The molecule has 5 heteroatoms. The van der Waals surface area contributed by atoms with E-state index in [4.69, 9.17) is 17.3 Å². The van der Waals surface area contributed by atoms with Crippen LogP contribution in [-0.4, -0.2) is 49.4 Å². The van der Waals surface area contributed by atoms with E-state index in [0.29, 0.717) is 22.2 Å². The lowest BCUT2D eigenvalue weighted by molar-refractivity contribution is 0.0747. The molecular weight excluding hydrogens is 274 g/mol. The van der Waals surface area contributed by atoms with Crippen molar-refractivity contribution in [1.82, 2.24) is 9.80 Å². The molecule has 0 atom stereocenters. The van der Waals surface area contributed by atoms with E-state index >= 15 is 0 Å². The number of amides is 1. The first-order chi connectivity index (χ1) is 9.49. The monoisotopic (exact) mass is 295 g/mol.